The smallest absolute Gasteiger partial charge is 0.158 e. The Balaban J connectivity index is 1.55. The molecule has 0 spiro atoms. The molecule has 4 aliphatic rings. The number of azo groups is 1. The molecule has 3 heterocycles. The quantitative estimate of drug-likeness (QED) is 0.689. The van der Waals surface area contributed by atoms with Gasteiger partial charge in [0.15, 0.2) is 5.78 Å². The first kappa shape index (κ1) is 19.7. The zero-order valence-corrected chi connectivity index (χ0v) is 17.4. The van der Waals surface area contributed by atoms with Crippen molar-refractivity contribution in [2.45, 2.75) is 57.7 Å². The van der Waals surface area contributed by atoms with Gasteiger partial charge in [0, 0.05) is 12.6 Å². The predicted octanol–water partition coefficient (Wildman–Crippen LogP) is 5.16. The molecule has 1 saturated carbocycles. The Morgan fingerprint density at radius 2 is 1.97 bits per heavy atom. The molecule has 0 amide bonds. The van der Waals surface area contributed by atoms with Crippen molar-refractivity contribution in [1.29, 1.82) is 0 Å². The summed E-state index contributed by atoms with van der Waals surface area (Å²) in [4.78, 5) is 16.1. The van der Waals surface area contributed by atoms with E-state index >= 15 is 0 Å². The number of halogens is 2. The molecule has 1 aromatic rings. The van der Waals surface area contributed by atoms with Crippen molar-refractivity contribution < 1.29 is 13.6 Å². The van der Waals surface area contributed by atoms with Gasteiger partial charge in [0.25, 0.3) is 0 Å². The molecule has 4 nitrogen and oxygen atoms in total. The van der Waals surface area contributed by atoms with Crippen molar-refractivity contribution >= 4 is 11.5 Å². The number of hydrogen-bond acceptors (Lipinski definition) is 4. The maximum Gasteiger partial charge on any atom is 0.158 e. The monoisotopic (exact) mass is 411 g/mol. The summed E-state index contributed by atoms with van der Waals surface area (Å²) in [5.41, 5.74) is 0.0942. The van der Waals surface area contributed by atoms with Gasteiger partial charge in [-0.2, -0.15) is 10.2 Å². The van der Waals surface area contributed by atoms with Crippen molar-refractivity contribution in [2.75, 3.05) is 6.54 Å². The van der Waals surface area contributed by atoms with Crippen LogP contribution in [0, 0.1) is 28.9 Å². The number of allylic oxidation sites excluding steroid dienone is 2. The van der Waals surface area contributed by atoms with Gasteiger partial charge in [0.05, 0.1) is 28.8 Å². The number of Topliss-reactive ketones (excluding diaryl/α,β-unsaturated/α-hetero) is 1. The fourth-order valence-corrected chi connectivity index (χ4v) is 6.26. The second-order valence-corrected chi connectivity index (χ2v) is 9.36. The molecule has 2 saturated heterocycles. The van der Waals surface area contributed by atoms with Crippen LogP contribution in [-0.2, 0) is 4.79 Å². The van der Waals surface area contributed by atoms with Gasteiger partial charge in [-0.05, 0) is 68.2 Å². The third-order valence-electron chi connectivity index (χ3n) is 8.23. The summed E-state index contributed by atoms with van der Waals surface area (Å²) in [6.45, 7) is 9.24. The maximum atomic E-state index is 14.4. The summed E-state index contributed by atoms with van der Waals surface area (Å²) in [7, 11) is 0. The number of carbonyl (C=O) groups excluding carboxylic acids is 1. The SMILES string of the molecule is C=C1/C=C(c2c(F)cccc2F)\N=N/C(C)C2(C(=O)C3CC4CCN43)CCC1[C@H]2C. The van der Waals surface area contributed by atoms with E-state index in [1.54, 1.807) is 6.08 Å². The highest BCUT2D eigenvalue weighted by Crippen LogP contribution is 2.56. The van der Waals surface area contributed by atoms with Crippen molar-refractivity contribution in [3.05, 3.63) is 53.6 Å². The van der Waals surface area contributed by atoms with E-state index in [-0.39, 0.29) is 41.0 Å². The molecule has 6 atom stereocenters. The number of rotatable bonds is 3. The first-order valence-corrected chi connectivity index (χ1v) is 10.9. The lowest BCUT2D eigenvalue weighted by molar-refractivity contribution is -0.155. The van der Waals surface area contributed by atoms with E-state index < -0.39 is 17.0 Å². The summed E-state index contributed by atoms with van der Waals surface area (Å²) in [5.74, 6) is -0.970. The third kappa shape index (κ3) is 2.62. The van der Waals surface area contributed by atoms with Crippen LogP contribution >= 0.6 is 0 Å². The molecule has 5 rings (SSSR count). The zero-order chi connectivity index (χ0) is 21.2. The molecule has 3 aliphatic heterocycles. The molecule has 3 fully saturated rings. The average Bonchev–Trinajstić information content (AvgIpc) is 3.05. The average molecular weight is 411 g/mol. The normalized spacial score (nSPS) is 40.7. The van der Waals surface area contributed by atoms with Crippen molar-refractivity contribution in [2.24, 2.45) is 27.5 Å². The van der Waals surface area contributed by atoms with Crippen LogP contribution in [-0.4, -0.2) is 35.4 Å². The molecule has 2 bridgehead atoms. The van der Waals surface area contributed by atoms with E-state index in [4.69, 9.17) is 0 Å². The van der Waals surface area contributed by atoms with Crippen molar-refractivity contribution in [3.63, 3.8) is 0 Å². The van der Waals surface area contributed by atoms with Crippen LogP contribution in [0.15, 0.2) is 46.7 Å². The number of nitrogens with zero attached hydrogens (tertiary/aromatic N) is 3. The summed E-state index contributed by atoms with van der Waals surface area (Å²) in [5, 5.41) is 8.76. The van der Waals surface area contributed by atoms with Crippen LogP contribution in [0.5, 0.6) is 0 Å². The van der Waals surface area contributed by atoms with E-state index in [1.165, 1.54) is 24.6 Å². The first-order chi connectivity index (χ1) is 14.3. The first-order valence-electron chi connectivity index (χ1n) is 10.9. The third-order valence-corrected chi connectivity index (χ3v) is 8.23. The van der Waals surface area contributed by atoms with Gasteiger partial charge in [-0.15, -0.1) is 0 Å². The minimum Gasteiger partial charge on any atom is -0.297 e. The molecule has 1 aliphatic carbocycles. The summed E-state index contributed by atoms with van der Waals surface area (Å²) in [6, 6.07) is 3.95. The summed E-state index contributed by atoms with van der Waals surface area (Å²) < 4.78 is 28.9. The van der Waals surface area contributed by atoms with E-state index in [1.807, 2.05) is 6.92 Å². The molecule has 158 valence electrons. The van der Waals surface area contributed by atoms with Gasteiger partial charge in [-0.25, -0.2) is 8.78 Å². The molecular weight excluding hydrogens is 384 g/mol. The molecular formula is C24H27F2N3O. The number of piperidine rings is 1. The largest absolute Gasteiger partial charge is 0.297 e. The van der Waals surface area contributed by atoms with Crippen LogP contribution in [0.3, 0.4) is 0 Å². The summed E-state index contributed by atoms with van der Waals surface area (Å²) in [6.07, 6.45) is 5.35. The zero-order valence-electron chi connectivity index (χ0n) is 17.4. The van der Waals surface area contributed by atoms with Crippen LogP contribution in [0.4, 0.5) is 8.78 Å². The second kappa shape index (κ2) is 6.91. The Hall–Kier alpha value is -2.21. The summed E-state index contributed by atoms with van der Waals surface area (Å²) >= 11 is 0. The Kier molecular flexibility index (Phi) is 4.54. The van der Waals surface area contributed by atoms with Gasteiger partial charge < -0.3 is 0 Å². The Morgan fingerprint density at radius 3 is 2.57 bits per heavy atom. The van der Waals surface area contributed by atoms with Crippen molar-refractivity contribution in [1.82, 2.24) is 4.90 Å². The predicted molar refractivity (Wildman–Crippen MR) is 111 cm³/mol. The van der Waals surface area contributed by atoms with E-state index in [2.05, 4.69) is 28.6 Å². The fourth-order valence-electron chi connectivity index (χ4n) is 6.26. The van der Waals surface area contributed by atoms with Gasteiger partial charge in [0.2, 0.25) is 0 Å². The number of fused-ring (bicyclic) bond motifs is 3. The molecule has 30 heavy (non-hydrogen) atoms. The second-order valence-electron chi connectivity index (χ2n) is 9.36. The molecule has 6 heteroatoms. The van der Waals surface area contributed by atoms with E-state index in [9.17, 15) is 13.6 Å². The molecule has 5 unspecified atom stereocenters. The highest BCUT2D eigenvalue weighted by atomic mass is 19.1. The highest BCUT2D eigenvalue weighted by molar-refractivity contribution is 5.92. The standard InChI is InChI=1S/C24H27F2N3O/c1-13-11-20(22-18(25)5-4-6-19(22)26)28-27-15(3)24(9-7-17(13)14(24)2)23(30)21-12-16-8-10-29(16)21/h4-6,11,14-17,21H,1,7-10,12H2,2-3H3/b20-11-,28-27-/t14-,15?,16?,17?,21?,24?/m1/s1. The molecule has 0 N–H and O–H groups in total. The number of hydrogen-bond donors (Lipinski definition) is 0. The molecule has 0 radical (unpaired) electrons. The Bertz CT molecular complexity index is 966. The van der Waals surface area contributed by atoms with Gasteiger partial charge in [-0.1, -0.05) is 19.6 Å². The van der Waals surface area contributed by atoms with Gasteiger partial charge in [0.1, 0.15) is 11.6 Å². The minimum atomic E-state index is -0.679. The van der Waals surface area contributed by atoms with Crippen LogP contribution in [0.2, 0.25) is 0 Å². The Labute approximate surface area is 175 Å². The van der Waals surface area contributed by atoms with Crippen LogP contribution in [0.1, 0.15) is 45.1 Å². The lowest BCUT2D eigenvalue weighted by atomic mass is 9.63. The molecule has 0 aromatic heterocycles. The number of carbonyl (C=O) groups is 1. The number of ketones is 1. The van der Waals surface area contributed by atoms with Gasteiger partial charge in [-0.3, -0.25) is 9.69 Å². The van der Waals surface area contributed by atoms with Crippen LogP contribution in [0.25, 0.3) is 5.70 Å². The fraction of sp³-hybridized carbons (Fsp3) is 0.542. The van der Waals surface area contributed by atoms with Gasteiger partial charge >= 0.3 is 0 Å². The highest BCUT2D eigenvalue weighted by Gasteiger charge is 2.60. The van der Waals surface area contributed by atoms with E-state index in [0.717, 1.165) is 31.4 Å². The maximum absolute atomic E-state index is 14.4. The van der Waals surface area contributed by atoms with Crippen LogP contribution < -0.4 is 0 Å². The van der Waals surface area contributed by atoms with E-state index in [0.29, 0.717) is 6.04 Å². The lowest BCUT2D eigenvalue weighted by Gasteiger charge is -2.58. The lowest BCUT2D eigenvalue weighted by Crippen LogP contribution is -2.69. The topological polar surface area (TPSA) is 45.0 Å². The Morgan fingerprint density at radius 1 is 1.23 bits per heavy atom. The molecule has 1 aromatic carbocycles. The van der Waals surface area contributed by atoms with Crippen molar-refractivity contribution in [3.8, 4) is 0 Å². The minimum absolute atomic E-state index is 0.0203. The number of benzene rings is 1.